The Labute approximate surface area is 553 Å². The summed E-state index contributed by atoms with van der Waals surface area (Å²) in [5.74, 6) is 0.471. The molecule has 0 aliphatic carbocycles. The number of aromatic nitrogens is 2. The van der Waals surface area contributed by atoms with Crippen molar-refractivity contribution in [1.82, 2.24) is 14.5 Å². The summed E-state index contributed by atoms with van der Waals surface area (Å²) in [4.78, 5) is 19.2. The van der Waals surface area contributed by atoms with Crippen LogP contribution in [0.3, 0.4) is 0 Å². The highest BCUT2D eigenvalue weighted by Gasteiger charge is 2.24. The molecule has 29 nitrogen and oxygen atoms in total. The number of unbranched alkanes of at least 4 members (excludes halogenated alkanes) is 1. The Morgan fingerprint density at radius 2 is 0.720 bits per heavy atom. The standard InChI is InChI=1S/C64H117N7O22/c1-5-6-7-59-69-61(63(66)67)62(64(68)93-56(2)3)71(59)55-58-10-8-57(9-11-58)54-70(4)60(72)12-14-73-16-18-75-20-22-77-24-26-79-28-30-81-32-34-83-36-38-85-40-42-87-44-46-89-48-50-91-52-53-92-51-49-90-47-45-88-43-41-86-39-37-84-35-33-82-31-29-80-27-25-78-23-21-76-19-17-74-15-13-65/h8-11,56,68H,5-7,12-55,65H2,1-4H3,(H3,66,67). The van der Waals surface area contributed by atoms with Gasteiger partial charge in [-0.2, -0.15) is 0 Å². The number of nitrogens with one attached hydrogen (secondary N) is 2. The van der Waals surface area contributed by atoms with Gasteiger partial charge in [0, 0.05) is 33.1 Å². The first-order valence-electron chi connectivity index (χ1n) is 32.9. The number of carbonyl (C=O) groups is 1. The number of nitrogen functional groups attached to an aromatic ring is 1. The molecule has 540 valence electrons. The largest absolute Gasteiger partial charge is 0.474 e. The van der Waals surface area contributed by atoms with Gasteiger partial charge in [-0.15, -0.1) is 0 Å². The first kappa shape index (κ1) is 85.1. The van der Waals surface area contributed by atoms with Crippen molar-refractivity contribution >= 4 is 17.6 Å². The molecule has 0 saturated carbocycles. The summed E-state index contributed by atoms with van der Waals surface area (Å²) in [6, 6.07) is 7.99. The monoisotopic (exact) mass is 1340 g/mol. The molecule has 0 aliphatic heterocycles. The van der Waals surface area contributed by atoms with Crippen molar-refractivity contribution in [3.8, 4) is 0 Å². The van der Waals surface area contributed by atoms with Crippen molar-refractivity contribution in [3.05, 3.63) is 52.6 Å². The van der Waals surface area contributed by atoms with Crippen molar-refractivity contribution in [1.29, 1.82) is 10.8 Å². The fourth-order valence-corrected chi connectivity index (χ4v) is 7.91. The van der Waals surface area contributed by atoms with Crippen LogP contribution in [0, 0.1) is 10.8 Å². The van der Waals surface area contributed by atoms with Gasteiger partial charge in [0.05, 0.1) is 277 Å². The summed E-state index contributed by atoms with van der Waals surface area (Å²) < 4.78 is 118. The van der Waals surface area contributed by atoms with Crippen LogP contribution in [-0.2, 0) is 124 Å². The van der Waals surface area contributed by atoms with Gasteiger partial charge in [0.2, 0.25) is 11.8 Å². The molecule has 1 amide bonds. The first-order valence-corrected chi connectivity index (χ1v) is 32.9. The lowest BCUT2D eigenvalue weighted by Gasteiger charge is -2.18. The number of hydrogen-bond donors (Lipinski definition) is 4. The number of carbonyl (C=O) groups excluding carboxylic acids is 1. The maximum absolute atomic E-state index is 12.8. The summed E-state index contributed by atoms with van der Waals surface area (Å²) in [7, 11) is 1.78. The van der Waals surface area contributed by atoms with E-state index in [1.807, 2.05) is 42.7 Å². The van der Waals surface area contributed by atoms with Crippen molar-refractivity contribution in [2.24, 2.45) is 11.5 Å². The van der Waals surface area contributed by atoms with E-state index in [1.165, 1.54) is 0 Å². The fraction of sp³-hybridized carbons (Fsp3) is 0.812. The second-order valence-corrected chi connectivity index (χ2v) is 20.7. The Kier molecular flexibility index (Phi) is 58.6. The van der Waals surface area contributed by atoms with Gasteiger partial charge >= 0.3 is 0 Å². The molecule has 2 rings (SSSR count). The van der Waals surface area contributed by atoms with E-state index in [4.69, 9.17) is 122 Å². The van der Waals surface area contributed by atoms with E-state index >= 15 is 0 Å². The topological polar surface area (TPSA) is 332 Å². The Bertz CT molecular complexity index is 2020. The van der Waals surface area contributed by atoms with Crippen LogP contribution >= 0.6 is 0 Å². The SMILES string of the molecule is CCCCc1nc(C(=N)N)c(C(=N)OC(C)C)n1Cc1ccc(CN(C)C(=O)CCOCCOCCOCCOCCOCCOCCOCCOCCOCCOCCOCCOCCOCCOCCOCCOCCOCCOCCOCCOCCN)cc1. The lowest BCUT2D eigenvalue weighted by molar-refractivity contribution is -0.131. The molecule has 0 aliphatic rings. The molecule has 2 aromatic rings. The number of rotatable bonds is 72. The van der Waals surface area contributed by atoms with Crippen molar-refractivity contribution in [2.45, 2.75) is 65.6 Å². The molecule has 93 heavy (non-hydrogen) atoms. The summed E-state index contributed by atoms with van der Waals surface area (Å²) in [6.07, 6.45) is 2.61. The second kappa shape index (κ2) is 64.0. The lowest BCUT2D eigenvalue weighted by atomic mass is 10.1. The summed E-state index contributed by atoms with van der Waals surface area (Å²) in [6.45, 7) is 26.2. The molecule has 29 heteroatoms. The Hall–Kier alpha value is -4.00. The molecule has 0 spiro atoms. The molecule has 1 aromatic heterocycles. The molecule has 0 bridgehead atoms. The molecule has 0 fully saturated rings. The van der Waals surface area contributed by atoms with Gasteiger partial charge in [0.25, 0.3) is 0 Å². The number of amides is 1. The lowest BCUT2D eigenvalue weighted by Crippen LogP contribution is -2.27. The molecule has 0 radical (unpaired) electrons. The van der Waals surface area contributed by atoms with Gasteiger partial charge in [0.1, 0.15) is 23.0 Å². The zero-order valence-electron chi connectivity index (χ0n) is 56.6. The van der Waals surface area contributed by atoms with Crippen molar-refractivity contribution in [3.63, 3.8) is 0 Å². The minimum absolute atomic E-state index is 0.0238. The van der Waals surface area contributed by atoms with E-state index in [2.05, 4.69) is 11.9 Å². The van der Waals surface area contributed by atoms with Gasteiger partial charge in [-0.3, -0.25) is 15.6 Å². The van der Waals surface area contributed by atoms with Crippen LogP contribution in [0.4, 0.5) is 0 Å². The van der Waals surface area contributed by atoms with Crippen LogP contribution in [0.5, 0.6) is 0 Å². The predicted octanol–water partition coefficient (Wildman–Crippen LogP) is 2.95. The normalized spacial score (nSPS) is 11.6. The van der Waals surface area contributed by atoms with E-state index in [1.54, 1.807) is 11.9 Å². The highest BCUT2D eigenvalue weighted by atomic mass is 16.6. The van der Waals surface area contributed by atoms with Crippen molar-refractivity contribution < 1.29 is 104 Å². The number of nitrogens with two attached hydrogens (primary N) is 2. The zero-order valence-corrected chi connectivity index (χ0v) is 56.6. The quantitative estimate of drug-likeness (QED) is 0.0420. The van der Waals surface area contributed by atoms with Gasteiger partial charge in [-0.25, -0.2) is 4.98 Å². The van der Waals surface area contributed by atoms with Crippen LogP contribution in [-0.4, -0.2) is 316 Å². The number of amidine groups is 1. The fourth-order valence-electron chi connectivity index (χ4n) is 7.91. The third kappa shape index (κ3) is 51.0. The van der Waals surface area contributed by atoms with Gasteiger partial charge < -0.3 is 120 Å². The van der Waals surface area contributed by atoms with Gasteiger partial charge in [0.15, 0.2) is 0 Å². The van der Waals surface area contributed by atoms with E-state index in [0.717, 1.165) is 29.8 Å². The molecule has 6 N–H and O–H groups in total. The van der Waals surface area contributed by atoms with E-state index < -0.39 is 0 Å². The Morgan fingerprint density at radius 1 is 0.452 bits per heavy atom. The van der Waals surface area contributed by atoms with Crippen LogP contribution in [0.15, 0.2) is 24.3 Å². The molecule has 1 heterocycles. The Balaban J connectivity index is 1.22. The smallest absolute Gasteiger partial charge is 0.233 e. The van der Waals surface area contributed by atoms with Crippen LogP contribution in [0.1, 0.15) is 68.4 Å². The van der Waals surface area contributed by atoms with Crippen LogP contribution < -0.4 is 11.5 Å². The average molecular weight is 1340 g/mol. The summed E-state index contributed by atoms with van der Waals surface area (Å²) in [5.41, 5.74) is 13.9. The molecule has 0 unspecified atom stereocenters. The minimum atomic E-state index is -0.218. The molecular weight excluding hydrogens is 1220 g/mol. The van der Waals surface area contributed by atoms with E-state index in [9.17, 15) is 4.79 Å². The van der Waals surface area contributed by atoms with Gasteiger partial charge in [-0.1, -0.05) is 37.6 Å². The van der Waals surface area contributed by atoms with E-state index in [-0.39, 0.29) is 35.9 Å². The van der Waals surface area contributed by atoms with Crippen LogP contribution in [0.2, 0.25) is 0 Å². The number of nitrogens with zero attached hydrogens (tertiary/aromatic N) is 3. The van der Waals surface area contributed by atoms with Crippen LogP contribution in [0.25, 0.3) is 0 Å². The molecule has 0 atom stereocenters. The first-order chi connectivity index (χ1) is 45.7. The number of benzene rings is 1. The molecule has 1 aromatic carbocycles. The highest BCUT2D eigenvalue weighted by molar-refractivity contribution is 6.04. The number of aryl methyl sites for hydroxylation is 1. The van der Waals surface area contributed by atoms with E-state index in [0.29, 0.717) is 296 Å². The number of hydrogen-bond acceptors (Lipinski definition) is 26. The summed E-state index contributed by atoms with van der Waals surface area (Å²) >= 11 is 0. The highest BCUT2D eigenvalue weighted by Crippen LogP contribution is 2.20. The number of ether oxygens (including phenoxy) is 21. The minimum Gasteiger partial charge on any atom is -0.474 e. The van der Waals surface area contributed by atoms with Gasteiger partial charge in [-0.05, 0) is 31.4 Å². The number of imidazole rings is 1. The second-order valence-electron chi connectivity index (χ2n) is 20.7. The zero-order chi connectivity index (χ0) is 67.0. The average Bonchev–Trinajstić information content (AvgIpc) is 1.66. The third-order valence-corrected chi connectivity index (χ3v) is 12.6. The third-order valence-electron chi connectivity index (χ3n) is 12.6. The Morgan fingerprint density at radius 3 is 0.978 bits per heavy atom. The summed E-state index contributed by atoms with van der Waals surface area (Å²) in [5, 5.41) is 16.8. The molecule has 0 saturated heterocycles. The maximum Gasteiger partial charge on any atom is 0.233 e. The maximum atomic E-state index is 12.8. The molecular formula is C64H117N7O22. The van der Waals surface area contributed by atoms with Crippen molar-refractivity contribution in [2.75, 3.05) is 278 Å². The predicted molar refractivity (Wildman–Crippen MR) is 347 cm³/mol.